The van der Waals surface area contributed by atoms with Crippen molar-refractivity contribution in [3.8, 4) is 0 Å². The minimum atomic E-state index is -0.209. The van der Waals surface area contributed by atoms with E-state index in [1.165, 1.54) is 12.1 Å². The zero-order chi connectivity index (χ0) is 10.9. The molecule has 3 N–H and O–H groups in total. The second kappa shape index (κ2) is 3.81. The molecule has 0 aromatic heterocycles. The van der Waals surface area contributed by atoms with Gasteiger partial charge < -0.3 is 11.1 Å². The molecule has 0 atom stereocenters. The summed E-state index contributed by atoms with van der Waals surface area (Å²) in [5, 5.41) is 3.35. The molecule has 0 radical (unpaired) electrons. The van der Waals surface area contributed by atoms with Crippen LogP contribution in [0.5, 0.6) is 0 Å². The molecule has 0 bridgehead atoms. The summed E-state index contributed by atoms with van der Waals surface area (Å²) >= 11 is 0. The van der Waals surface area contributed by atoms with Gasteiger partial charge >= 0.3 is 0 Å². The average Bonchev–Trinajstić information content (AvgIpc) is 2.15. The van der Waals surface area contributed by atoms with Gasteiger partial charge in [-0.05, 0) is 37.0 Å². The Kier molecular flexibility index (Phi) is 2.65. The number of hydrogen-bond acceptors (Lipinski definition) is 2. The van der Waals surface area contributed by atoms with E-state index < -0.39 is 0 Å². The van der Waals surface area contributed by atoms with Crippen molar-refractivity contribution < 1.29 is 4.39 Å². The number of hydrogen-bond donors (Lipinski definition) is 2. The highest BCUT2D eigenvalue weighted by atomic mass is 19.1. The van der Waals surface area contributed by atoms with Crippen LogP contribution in [0.2, 0.25) is 0 Å². The summed E-state index contributed by atoms with van der Waals surface area (Å²) in [6.45, 7) is 2.81. The van der Waals surface area contributed by atoms with E-state index in [-0.39, 0.29) is 11.4 Å². The second-order valence-corrected chi connectivity index (χ2v) is 4.63. The van der Waals surface area contributed by atoms with Crippen molar-refractivity contribution in [1.82, 2.24) is 0 Å². The number of benzene rings is 1. The summed E-state index contributed by atoms with van der Waals surface area (Å²) in [5.74, 6) is 0.508. The lowest BCUT2D eigenvalue weighted by Crippen LogP contribution is -2.54. The fourth-order valence-electron chi connectivity index (χ4n) is 2.47. The Hall–Kier alpha value is -1.09. The van der Waals surface area contributed by atoms with Crippen LogP contribution in [0.1, 0.15) is 19.8 Å². The Morgan fingerprint density at radius 3 is 2.80 bits per heavy atom. The van der Waals surface area contributed by atoms with Gasteiger partial charge in [-0.3, -0.25) is 0 Å². The zero-order valence-corrected chi connectivity index (χ0v) is 8.96. The monoisotopic (exact) mass is 208 g/mol. The molecule has 1 aliphatic rings. The molecule has 82 valence electrons. The quantitative estimate of drug-likeness (QED) is 0.800. The Morgan fingerprint density at radius 2 is 2.27 bits per heavy atom. The van der Waals surface area contributed by atoms with Crippen LogP contribution < -0.4 is 11.1 Å². The fourth-order valence-corrected chi connectivity index (χ4v) is 2.47. The Bertz CT molecular complexity index is 345. The van der Waals surface area contributed by atoms with Gasteiger partial charge in [0.2, 0.25) is 0 Å². The summed E-state index contributed by atoms with van der Waals surface area (Å²) < 4.78 is 13.0. The predicted octanol–water partition coefficient (Wildman–Crippen LogP) is 2.37. The molecule has 0 aliphatic heterocycles. The predicted molar refractivity (Wildman–Crippen MR) is 60.2 cm³/mol. The maximum absolute atomic E-state index is 13.0. The third kappa shape index (κ3) is 2.12. The van der Waals surface area contributed by atoms with Crippen molar-refractivity contribution >= 4 is 5.69 Å². The molecule has 0 spiro atoms. The fraction of sp³-hybridized carbons (Fsp3) is 0.500. The topological polar surface area (TPSA) is 38.0 Å². The van der Waals surface area contributed by atoms with Gasteiger partial charge in [0.25, 0.3) is 0 Å². The molecule has 1 aromatic rings. The van der Waals surface area contributed by atoms with Gasteiger partial charge in [-0.2, -0.15) is 0 Å². The molecule has 0 heterocycles. The molecule has 1 fully saturated rings. The van der Waals surface area contributed by atoms with Crippen LogP contribution in [0.15, 0.2) is 24.3 Å². The van der Waals surface area contributed by atoms with Crippen LogP contribution in [0.3, 0.4) is 0 Å². The van der Waals surface area contributed by atoms with Crippen LogP contribution in [0, 0.1) is 11.7 Å². The highest BCUT2D eigenvalue weighted by molar-refractivity contribution is 5.46. The molecule has 2 nitrogen and oxygen atoms in total. The number of nitrogens with one attached hydrogen (secondary N) is 1. The normalized spacial score (nSPS) is 29.7. The van der Waals surface area contributed by atoms with Crippen molar-refractivity contribution in [1.29, 1.82) is 0 Å². The molecule has 0 amide bonds. The maximum atomic E-state index is 13.0. The SMILES string of the molecule is CC1CC(CN)(Nc2cccc(F)c2)C1. The highest BCUT2D eigenvalue weighted by Gasteiger charge is 2.40. The third-order valence-corrected chi connectivity index (χ3v) is 3.10. The van der Waals surface area contributed by atoms with E-state index in [9.17, 15) is 4.39 Å². The van der Waals surface area contributed by atoms with Gasteiger partial charge in [0.05, 0.1) is 5.54 Å². The van der Waals surface area contributed by atoms with E-state index in [1.54, 1.807) is 6.07 Å². The number of rotatable bonds is 3. The Labute approximate surface area is 89.7 Å². The third-order valence-electron chi connectivity index (χ3n) is 3.10. The van der Waals surface area contributed by atoms with Gasteiger partial charge in [0, 0.05) is 12.2 Å². The first-order valence-electron chi connectivity index (χ1n) is 5.37. The van der Waals surface area contributed by atoms with Gasteiger partial charge in [0.1, 0.15) is 5.82 Å². The number of halogens is 1. The van der Waals surface area contributed by atoms with Gasteiger partial charge in [-0.25, -0.2) is 4.39 Å². The maximum Gasteiger partial charge on any atom is 0.125 e. The molecule has 0 unspecified atom stereocenters. The van der Waals surface area contributed by atoms with Gasteiger partial charge in [-0.15, -0.1) is 0 Å². The first-order chi connectivity index (χ1) is 7.13. The van der Waals surface area contributed by atoms with E-state index in [2.05, 4.69) is 12.2 Å². The largest absolute Gasteiger partial charge is 0.378 e. The lowest BCUT2D eigenvalue weighted by Gasteiger charge is -2.47. The van der Waals surface area contributed by atoms with Crippen molar-refractivity contribution in [3.63, 3.8) is 0 Å². The first kappa shape index (κ1) is 10.4. The number of nitrogens with two attached hydrogens (primary N) is 1. The Morgan fingerprint density at radius 1 is 1.53 bits per heavy atom. The summed E-state index contributed by atoms with van der Waals surface area (Å²) in [4.78, 5) is 0. The van der Waals surface area contributed by atoms with Gasteiger partial charge in [0.15, 0.2) is 0 Å². The van der Waals surface area contributed by atoms with E-state index in [0.717, 1.165) is 24.4 Å². The van der Waals surface area contributed by atoms with Crippen LogP contribution in [0.4, 0.5) is 10.1 Å². The van der Waals surface area contributed by atoms with Gasteiger partial charge in [-0.1, -0.05) is 13.0 Å². The van der Waals surface area contributed by atoms with Crippen molar-refractivity contribution in [2.75, 3.05) is 11.9 Å². The molecular weight excluding hydrogens is 191 g/mol. The zero-order valence-electron chi connectivity index (χ0n) is 8.96. The standard InChI is InChI=1S/C12H17FN2/c1-9-6-12(7-9,8-14)15-11-4-2-3-10(13)5-11/h2-5,9,15H,6-8,14H2,1H3. The summed E-state index contributed by atoms with van der Waals surface area (Å²) in [6.07, 6.45) is 2.14. The van der Waals surface area contributed by atoms with Crippen LogP contribution >= 0.6 is 0 Å². The average molecular weight is 208 g/mol. The summed E-state index contributed by atoms with van der Waals surface area (Å²) in [6, 6.07) is 6.55. The lowest BCUT2D eigenvalue weighted by molar-refractivity contribution is 0.194. The van der Waals surface area contributed by atoms with Crippen LogP contribution in [0.25, 0.3) is 0 Å². The molecule has 1 aromatic carbocycles. The molecule has 1 saturated carbocycles. The van der Waals surface area contributed by atoms with E-state index in [0.29, 0.717) is 6.54 Å². The first-order valence-corrected chi connectivity index (χ1v) is 5.37. The molecule has 3 heteroatoms. The minimum Gasteiger partial charge on any atom is -0.378 e. The molecular formula is C12H17FN2. The summed E-state index contributed by atoms with van der Waals surface area (Å²) in [7, 11) is 0. The molecule has 0 saturated heterocycles. The van der Waals surface area contributed by atoms with E-state index in [4.69, 9.17) is 5.73 Å². The lowest BCUT2D eigenvalue weighted by atomic mass is 9.69. The van der Waals surface area contributed by atoms with E-state index in [1.807, 2.05) is 6.07 Å². The second-order valence-electron chi connectivity index (χ2n) is 4.63. The van der Waals surface area contributed by atoms with Crippen molar-refractivity contribution in [2.24, 2.45) is 11.7 Å². The minimum absolute atomic E-state index is 0.00674. The van der Waals surface area contributed by atoms with Crippen LogP contribution in [-0.2, 0) is 0 Å². The summed E-state index contributed by atoms with van der Waals surface area (Å²) in [5.41, 5.74) is 6.58. The molecule has 2 rings (SSSR count). The smallest absolute Gasteiger partial charge is 0.125 e. The highest BCUT2D eigenvalue weighted by Crippen LogP contribution is 2.39. The molecule has 1 aliphatic carbocycles. The Balaban J connectivity index is 2.07. The molecule has 15 heavy (non-hydrogen) atoms. The number of anilines is 1. The van der Waals surface area contributed by atoms with Crippen molar-refractivity contribution in [2.45, 2.75) is 25.3 Å². The van der Waals surface area contributed by atoms with Crippen molar-refractivity contribution in [3.05, 3.63) is 30.1 Å². The van der Waals surface area contributed by atoms with E-state index >= 15 is 0 Å². The van der Waals surface area contributed by atoms with Crippen LogP contribution in [-0.4, -0.2) is 12.1 Å².